The molecule has 1 fully saturated rings. The van der Waals surface area contributed by atoms with Gasteiger partial charge in [0.1, 0.15) is 5.60 Å². The number of likely N-dealkylation sites (tertiary alicyclic amines) is 1. The number of hydrogen-bond acceptors (Lipinski definition) is 4. The number of carbonyl (C=O) groups is 3. The average Bonchev–Trinajstić information content (AvgIpc) is 2.65. The van der Waals surface area contributed by atoms with Gasteiger partial charge in [0.2, 0.25) is 5.91 Å². The van der Waals surface area contributed by atoms with E-state index in [0.717, 1.165) is 37.1 Å². The van der Waals surface area contributed by atoms with Crippen LogP contribution in [0.15, 0.2) is 18.2 Å². The van der Waals surface area contributed by atoms with Gasteiger partial charge in [-0.15, -0.1) is 0 Å². The number of ether oxygens (including phenoxy) is 1. The van der Waals surface area contributed by atoms with Crippen molar-refractivity contribution in [1.82, 2.24) is 9.80 Å². The molecule has 2 aliphatic rings. The molecule has 0 radical (unpaired) electrons. The van der Waals surface area contributed by atoms with Crippen molar-refractivity contribution < 1.29 is 24.2 Å². The summed E-state index contributed by atoms with van der Waals surface area (Å²) in [5.74, 6) is -0.666. The molecule has 0 bridgehead atoms. The monoisotopic (exact) mass is 402 g/mol. The molecule has 2 heterocycles. The number of carboxylic acids is 1. The van der Waals surface area contributed by atoms with E-state index in [-0.39, 0.29) is 5.91 Å². The van der Waals surface area contributed by atoms with Gasteiger partial charge >= 0.3 is 12.1 Å². The predicted octanol–water partition coefficient (Wildman–Crippen LogP) is 3.33. The van der Waals surface area contributed by atoms with Gasteiger partial charge in [0.15, 0.2) is 6.04 Å². The summed E-state index contributed by atoms with van der Waals surface area (Å²) in [7, 11) is 0. The summed E-state index contributed by atoms with van der Waals surface area (Å²) in [5, 5.41) is 9.91. The van der Waals surface area contributed by atoms with Crippen molar-refractivity contribution in [3.8, 4) is 0 Å². The van der Waals surface area contributed by atoms with Crippen LogP contribution in [-0.4, -0.2) is 58.1 Å². The van der Waals surface area contributed by atoms with Crippen LogP contribution in [0.5, 0.6) is 0 Å². The van der Waals surface area contributed by atoms with E-state index in [1.807, 2.05) is 11.0 Å². The second kappa shape index (κ2) is 8.05. The number of piperidine rings is 1. The summed E-state index contributed by atoms with van der Waals surface area (Å²) in [6, 6.07) is 4.69. The molecule has 2 aliphatic heterocycles. The third-order valence-electron chi connectivity index (χ3n) is 5.70. The fraction of sp³-hybridized carbons (Fsp3) is 0.591. The first-order valence-electron chi connectivity index (χ1n) is 10.2. The second-order valence-corrected chi connectivity index (χ2v) is 8.86. The van der Waals surface area contributed by atoms with Crippen molar-refractivity contribution in [3.05, 3.63) is 34.9 Å². The molecule has 158 valence electrons. The quantitative estimate of drug-likeness (QED) is 0.820. The van der Waals surface area contributed by atoms with Gasteiger partial charge in [0.25, 0.3) is 0 Å². The van der Waals surface area contributed by atoms with E-state index in [2.05, 4.69) is 6.07 Å². The lowest BCUT2D eigenvalue weighted by Gasteiger charge is -2.38. The first kappa shape index (κ1) is 21.1. The molecule has 0 unspecified atom stereocenters. The summed E-state index contributed by atoms with van der Waals surface area (Å²) in [4.78, 5) is 39.5. The molecule has 0 saturated carbocycles. The molecule has 0 spiro atoms. The normalized spacial score (nSPS) is 20.2. The number of nitrogens with zero attached hydrogens (tertiary/aromatic N) is 2. The van der Waals surface area contributed by atoms with Crippen LogP contribution in [0.25, 0.3) is 0 Å². The van der Waals surface area contributed by atoms with Crippen LogP contribution >= 0.6 is 0 Å². The Morgan fingerprint density at radius 1 is 1.07 bits per heavy atom. The average molecular weight is 402 g/mol. The minimum absolute atomic E-state index is 0.0949. The highest BCUT2D eigenvalue weighted by Gasteiger charge is 2.39. The second-order valence-electron chi connectivity index (χ2n) is 8.86. The number of carbonyl (C=O) groups excluding carboxylic acids is 2. The SMILES string of the molecule is CC(=O)N1CCC(c2cccc3c2CCN(C(=O)OC(C)(C)C)[C@@H]3C(=O)O)CC1. The minimum atomic E-state index is -1.06. The lowest BCUT2D eigenvalue weighted by atomic mass is 9.81. The zero-order valence-electron chi connectivity index (χ0n) is 17.6. The molecule has 2 amide bonds. The van der Waals surface area contributed by atoms with Crippen molar-refractivity contribution in [2.45, 2.75) is 64.5 Å². The number of benzene rings is 1. The first-order chi connectivity index (χ1) is 13.6. The summed E-state index contributed by atoms with van der Waals surface area (Å²) in [6.45, 7) is 8.64. The Balaban J connectivity index is 1.88. The summed E-state index contributed by atoms with van der Waals surface area (Å²) < 4.78 is 5.44. The third-order valence-corrected chi connectivity index (χ3v) is 5.70. The molecular weight excluding hydrogens is 372 g/mol. The van der Waals surface area contributed by atoms with Crippen molar-refractivity contribution in [3.63, 3.8) is 0 Å². The highest BCUT2D eigenvalue weighted by atomic mass is 16.6. The summed E-state index contributed by atoms with van der Waals surface area (Å²) in [5.41, 5.74) is 2.16. The van der Waals surface area contributed by atoms with E-state index in [4.69, 9.17) is 4.74 Å². The third kappa shape index (κ3) is 4.54. The molecule has 7 nitrogen and oxygen atoms in total. The standard InChI is InChI=1S/C22H30N2O5/c1-14(25)23-11-8-15(9-12-23)16-6-5-7-18-17(16)10-13-24(19(18)20(26)27)21(28)29-22(2,3)4/h5-7,15,19H,8-13H2,1-4H3,(H,26,27)/t19-/m0/s1. The Morgan fingerprint density at radius 3 is 2.24 bits per heavy atom. The Bertz CT molecular complexity index is 806. The molecule has 1 saturated heterocycles. The largest absolute Gasteiger partial charge is 0.479 e. The van der Waals surface area contributed by atoms with E-state index in [1.54, 1.807) is 33.8 Å². The van der Waals surface area contributed by atoms with E-state index in [9.17, 15) is 19.5 Å². The molecule has 7 heteroatoms. The zero-order valence-corrected chi connectivity index (χ0v) is 17.6. The topological polar surface area (TPSA) is 87.2 Å². The van der Waals surface area contributed by atoms with Gasteiger partial charge in [-0.3, -0.25) is 9.69 Å². The molecule has 3 rings (SSSR count). The fourth-order valence-electron chi connectivity index (χ4n) is 4.37. The van der Waals surface area contributed by atoms with Gasteiger partial charge in [-0.05, 0) is 62.6 Å². The molecule has 0 aromatic heterocycles. The van der Waals surface area contributed by atoms with Crippen LogP contribution in [0.3, 0.4) is 0 Å². The molecule has 1 aromatic rings. The predicted molar refractivity (Wildman–Crippen MR) is 108 cm³/mol. The highest BCUT2D eigenvalue weighted by molar-refractivity contribution is 5.83. The van der Waals surface area contributed by atoms with E-state index >= 15 is 0 Å². The van der Waals surface area contributed by atoms with E-state index in [1.165, 1.54) is 4.90 Å². The van der Waals surface area contributed by atoms with E-state index in [0.29, 0.717) is 24.4 Å². The Morgan fingerprint density at radius 2 is 1.69 bits per heavy atom. The maximum atomic E-state index is 12.6. The maximum absolute atomic E-state index is 12.6. The lowest BCUT2D eigenvalue weighted by molar-refractivity contribution is -0.143. The van der Waals surface area contributed by atoms with Gasteiger partial charge in [0, 0.05) is 26.6 Å². The van der Waals surface area contributed by atoms with Gasteiger partial charge in [0.05, 0.1) is 0 Å². The van der Waals surface area contributed by atoms with Crippen LogP contribution in [0.2, 0.25) is 0 Å². The van der Waals surface area contributed by atoms with Crippen LogP contribution < -0.4 is 0 Å². The van der Waals surface area contributed by atoms with Crippen LogP contribution in [0, 0.1) is 0 Å². The molecular formula is C22H30N2O5. The summed E-state index contributed by atoms with van der Waals surface area (Å²) in [6.07, 6.45) is 1.73. The highest BCUT2D eigenvalue weighted by Crippen LogP contribution is 2.38. The Kier molecular flexibility index (Phi) is 5.87. The molecule has 29 heavy (non-hydrogen) atoms. The smallest absolute Gasteiger partial charge is 0.411 e. The maximum Gasteiger partial charge on any atom is 0.411 e. The zero-order chi connectivity index (χ0) is 21.3. The molecule has 0 aliphatic carbocycles. The molecule has 1 aromatic carbocycles. The number of carboxylic acid groups (broad SMARTS) is 1. The van der Waals surface area contributed by atoms with Crippen LogP contribution in [0.4, 0.5) is 4.79 Å². The fourth-order valence-corrected chi connectivity index (χ4v) is 4.37. The first-order valence-corrected chi connectivity index (χ1v) is 10.2. The van der Waals surface area contributed by atoms with Gasteiger partial charge < -0.3 is 14.7 Å². The minimum Gasteiger partial charge on any atom is -0.479 e. The van der Waals surface area contributed by atoms with Crippen molar-refractivity contribution >= 4 is 18.0 Å². The van der Waals surface area contributed by atoms with Gasteiger partial charge in [-0.1, -0.05) is 18.2 Å². The number of hydrogen-bond donors (Lipinski definition) is 1. The Hall–Kier alpha value is -2.57. The number of amides is 2. The molecule has 1 atom stereocenters. The number of aliphatic carboxylic acids is 1. The van der Waals surface area contributed by atoms with Crippen molar-refractivity contribution in [2.75, 3.05) is 19.6 Å². The van der Waals surface area contributed by atoms with Gasteiger partial charge in [-0.25, -0.2) is 9.59 Å². The molecule has 1 N–H and O–H groups in total. The summed E-state index contributed by atoms with van der Waals surface area (Å²) >= 11 is 0. The lowest BCUT2D eigenvalue weighted by Crippen LogP contribution is -2.46. The Labute approximate surface area is 171 Å². The van der Waals surface area contributed by atoms with Gasteiger partial charge in [-0.2, -0.15) is 0 Å². The van der Waals surface area contributed by atoms with E-state index < -0.39 is 23.7 Å². The van der Waals surface area contributed by atoms with Crippen molar-refractivity contribution in [2.24, 2.45) is 0 Å². The number of fused-ring (bicyclic) bond motifs is 1. The van der Waals surface area contributed by atoms with Crippen molar-refractivity contribution in [1.29, 1.82) is 0 Å². The van der Waals surface area contributed by atoms with Crippen LogP contribution in [0.1, 0.15) is 69.2 Å². The number of rotatable bonds is 2. The van der Waals surface area contributed by atoms with Crippen LogP contribution in [-0.2, 0) is 20.7 Å².